The molecule has 0 atom stereocenters. The van der Waals surface area contributed by atoms with Crippen LogP contribution in [0.2, 0.25) is 0 Å². The van der Waals surface area contributed by atoms with Crippen LogP contribution in [0.15, 0.2) is 23.8 Å². The topological polar surface area (TPSA) is 74.6 Å². The second-order valence-corrected chi connectivity index (χ2v) is 2.19. The van der Waals surface area contributed by atoms with Crippen LogP contribution in [0, 0.1) is 0 Å². The van der Waals surface area contributed by atoms with Crippen molar-refractivity contribution in [3.63, 3.8) is 0 Å². The lowest BCUT2D eigenvalue weighted by Gasteiger charge is -1.81. The van der Waals surface area contributed by atoms with Gasteiger partial charge in [0.2, 0.25) is 0 Å². The van der Waals surface area contributed by atoms with Crippen LogP contribution in [0.25, 0.3) is 0 Å². The number of halogens is 2. The van der Waals surface area contributed by atoms with E-state index in [-0.39, 0.29) is 23.8 Å². The summed E-state index contributed by atoms with van der Waals surface area (Å²) >= 11 is 0. The molecule has 0 bridgehead atoms. The van der Waals surface area contributed by atoms with Gasteiger partial charge in [-0.2, -0.15) is 0 Å². The van der Waals surface area contributed by atoms with Gasteiger partial charge in [-0.25, -0.2) is 18.4 Å². The molecular weight excluding hydrogens is 198 g/mol. The van der Waals surface area contributed by atoms with E-state index in [1.165, 1.54) is 13.8 Å². The second kappa shape index (κ2) is 7.90. The van der Waals surface area contributed by atoms with Crippen LogP contribution in [0.5, 0.6) is 0 Å². The molecule has 80 valence electrons. The van der Waals surface area contributed by atoms with Crippen molar-refractivity contribution < 1.29 is 28.6 Å². The highest BCUT2D eigenvalue weighted by Crippen LogP contribution is 1.90. The number of hydrogen-bond acceptors (Lipinski definition) is 2. The van der Waals surface area contributed by atoms with E-state index in [4.69, 9.17) is 10.2 Å². The number of aliphatic carboxylic acids is 2. The maximum atomic E-state index is 11.1. The van der Waals surface area contributed by atoms with Crippen LogP contribution < -0.4 is 0 Å². The Kier molecular flexibility index (Phi) is 8.35. The first-order valence-electron chi connectivity index (χ1n) is 3.37. The summed E-state index contributed by atoms with van der Waals surface area (Å²) in [5.41, 5.74) is -0.556. The molecule has 0 spiro atoms. The van der Waals surface area contributed by atoms with E-state index in [9.17, 15) is 18.4 Å². The molecule has 0 aliphatic rings. The monoisotopic (exact) mass is 208 g/mol. The molecule has 0 saturated heterocycles. The summed E-state index contributed by atoms with van der Waals surface area (Å²) in [4.78, 5) is 19.2. The molecule has 0 aromatic heterocycles. The highest BCUT2D eigenvalue weighted by atomic mass is 19.1. The quantitative estimate of drug-likeness (QED) is 0.679. The number of hydrogen-bond donors (Lipinski definition) is 2. The van der Waals surface area contributed by atoms with Gasteiger partial charge in [0.1, 0.15) is 0 Å². The van der Waals surface area contributed by atoms with Gasteiger partial charge >= 0.3 is 11.9 Å². The van der Waals surface area contributed by atoms with Crippen molar-refractivity contribution in [1.82, 2.24) is 0 Å². The van der Waals surface area contributed by atoms with E-state index < -0.39 is 11.9 Å². The van der Waals surface area contributed by atoms with E-state index in [0.717, 1.165) is 0 Å². The normalized spacial score (nSPS) is 11.4. The zero-order valence-corrected chi connectivity index (χ0v) is 7.62. The van der Waals surface area contributed by atoms with Crippen molar-refractivity contribution >= 4 is 11.9 Å². The molecule has 0 aliphatic heterocycles. The van der Waals surface area contributed by atoms with Crippen LogP contribution >= 0.6 is 0 Å². The fourth-order valence-corrected chi connectivity index (χ4v) is 0.0933. The highest BCUT2D eigenvalue weighted by molar-refractivity contribution is 5.85. The smallest absolute Gasteiger partial charge is 0.333 e. The summed E-state index contributed by atoms with van der Waals surface area (Å²) in [5, 5.41) is 15.7. The van der Waals surface area contributed by atoms with E-state index in [2.05, 4.69) is 0 Å². The summed E-state index contributed by atoms with van der Waals surface area (Å²) in [5.74, 6) is -2.44. The molecule has 14 heavy (non-hydrogen) atoms. The minimum absolute atomic E-state index is 0.0579. The van der Waals surface area contributed by atoms with Gasteiger partial charge in [-0.15, -0.1) is 0 Å². The van der Waals surface area contributed by atoms with E-state index >= 15 is 0 Å². The van der Waals surface area contributed by atoms with Crippen LogP contribution in [0.4, 0.5) is 8.78 Å². The van der Waals surface area contributed by atoms with Crippen molar-refractivity contribution in [2.24, 2.45) is 0 Å². The standard InChI is InChI=1S/2C4H5FO2/c2*1-3(2-5)4(6)7/h2*2H,1H3,(H,6,7). The Hall–Kier alpha value is -1.72. The van der Waals surface area contributed by atoms with E-state index in [1.807, 2.05) is 0 Å². The Morgan fingerprint density at radius 1 is 0.929 bits per heavy atom. The predicted octanol–water partition coefficient (Wildman–Crippen LogP) is 1.89. The van der Waals surface area contributed by atoms with Gasteiger partial charge in [0, 0.05) is 0 Å². The lowest BCUT2D eigenvalue weighted by Crippen LogP contribution is -1.93. The molecule has 0 aromatic rings. The SMILES string of the molecule is CC(=CF)C(=O)O.CC(=CF)C(=O)O. The Labute approximate surface area is 79.2 Å². The van der Waals surface area contributed by atoms with Gasteiger partial charge in [0.25, 0.3) is 0 Å². The van der Waals surface area contributed by atoms with Crippen molar-refractivity contribution in [2.75, 3.05) is 0 Å². The highest BCUT2D eigenvalue weighted by Gasteiger charge is 1.96. The first-order chi connectivity index (χ1) is 6.36. The van der Waals surface area contributed by atoms with Gasteiger partial charge < -0.3 is 10.2 Å². The molecule has 0 radical (unpaired) electrons. The largest absolute Gasteiger partial charge is 0.478 e. The molecule has 0 heterocycles. The van der Waals surface area contributed by atoms with Crippen LogP contribution in [-0.2, 0) is 9.59 Å². The summed E-state index contributed by atoms with van der Waals surface area (Å²) in [6.07, 6.45) is 0.116. The molecule has 0 saturated carbocycles. The molecule has 0 amide bonds. The van der Waals surface area contributed by atoms with E-state index in [1.54, 1.807) is 0 Å². The number of carbonyl (C=O) groups is 2. The Morgan fingerprint density at radius 3 is 1.14 bits per heavy atom. The maximum Gasteiger partial charge on any atom is 0.333 e. The summed E-state index contributed by atoms with van der Waals surface area (Å²) in [7, 11) is 0. The second-order valence-electron chi connectivity index (χ2n) is 2.19. The lowest BCUT2D eigenvalue weighted by molar-refractivity contribution is -0.133. The molecule has 6 heteroatoms. The molecule has 2 N–H and O–H groups in total. The minimum Gasteiger partial charge on any atom is -0.478 e. The first-order valence-corrected chi connectivity index (χ1v) is 3.37. The van der Waals surface area contributed by atoms with Crippen molar-refractivity contribution in [2.45, 2.75) is 13.8 Å². The third-order valence-corrected chi connectivity index (χ3v) is 1.00. The minimum atomic E-state index is -1.22. The Bertz CT molecular complexity index is 241. The van der Waals surface area contributed by atoms with Crippen molar-refractivity contribution in [3.8, 4) is 0 Å². The molecular formula is C8H10F2O4. The van der Waals surface area contributed by atoms with Crippen molar-refractivity contribution in [1.29, 1.82) is 0 Å². The Balaban J connectivity index is 0. The Morgan fingerprint density at radius 2 is 1.14 bits per heavy atom. The molecule has 0 unspecified atom stereocenters. The molecule has 0 aliphatic carbocycles. The molecule has 0 rings (SSSR count). The molecule has 4 nitrogen and oxygen atoms in total. The maximum absolute atomic E-state index is 11.1. The van der Waals surface area contributed by atoms with Gasteiger partial charge in [-0.1, -0.05) is 0 Å². The fourth-order valence-electron chi connectivity index (χ4n) is 0.0933. The third-order valence-electron chi connectivity index (χ3n) is 1.00. The number of carboxylic acid groups (broad SMARTS) is 2. The van der Waals surface area contributed by atoms with Crippen LogP contribution in [0.3, 0.4) is 0 Å². The van der Waals surface area contributed by atoms with Gasteiger partial charge in [-0.3, -0.25) is 0 Å². The zero-order chi connectivity index (χ0) is 11.7. The van der Waals surface area contributed by atoms with Gasteiger partial charge in [0.15, 0.2) is 0 Å². The summed E-state index contributed by atoms with van der Waals surface area (Å²) in [6, 6.07) is 0. The van der Waals surface area contributed by atoms with Crippen molar-refractivity contribution in [3.05, 3.63) is 23.8 Å². The zero-order valence-electron chi connectivity index (χ0n) is 7.62. The first kappa shape index (κ1) is 14.8. The predicted molar refractivity (Wildman–Crippen MR) is 45.0 cm³/mol. The van der Waals surface area contributed by atoms with Crippen LogP contribution in [-0.4, -0.2) is 22.2 Å². The average molecular weight is 208 g/mol. The lowest BCUT2D eigenvalue weighted by atomic mass is 10.4. The summed E-state index contributed by atoms with van der Waals surface area (Å²) in [6.45, 7) is 2.37. The number of rotatable bonds is 2. The molecule has 0 fully saturated rings. The molecule has 0 aromatic carbocycles. The number of carboxylic acids is 2. The van der Waals surface area contributed by atoms with Gasteiger partial charge in [-0.05, 0) is 13.8 Å². The summed E-state index contributed by atoms with van der Waals surface area (Å²) < 4.78 is 22.2. The van der Waals surface area contributed by atoms with Gasteiger partial charge in [0.05, 0.1) is 23.8 Å². The van der Waals surface area contributed by atoms with Crippen LogP contribution in [0.1, 0.15) is 13.8 Å². The fraction of sp³-hybridized carbons (Fsp3) is 0.250. The average Bonchev–Trinajstić information content (AvgIpc) is 2.15. The third kappa shape index (κ3) is 8.38. The van der Waals surface area contributed by atoms with E-state index in [0.29, 0.717) is 0 Å².